The zero-order valence-corrected chi connectivity index (χ0v) is 25.7. The molecular formula is C34H27F5N4O4S. The second-order valence-electron chi connectivity index (χ2n) is 10.9. The molecule has 14 heteroatoms. The van der Waals surface area contributed by atoms with E-state index < -0.39 is 46.8 Å². The predicted molar refractivity (Wildman–Crippen MR) is 165 cm³/mol. The van der Waals surface area contributed by atoms with Crippen LogP contribution in [0.1, 0.15) is 51.4 Å². The molecule has 2 heterocycles. The van der Waals surface area contributed by atoms with Gasteiger partial charge >= 0.3 is 0 Å². The molecule has 1 aliphatic heterocycles. The summed E-state index contributed by atoms with van der Waals surface area (Å²) >= 11 is 1.48. The van der Waals surface area contributed by atoms with Crippen LogP contribution in [0.5, 0.6) is 0 Å². The third kappa shape index (κ3) is 7.26. The number of amides is 1. The topological polar surface area (TPSA) is 109 Å². The maximum Gasteiger partial charge on any atom is 0.257 e. The van der Waals surface area contributed by atoms with Crippen molar-refractivity contribution in [1.29, 1.82) is 0 Å². The van der Waals surface area contributed by atoms with E-state index in [0.717, 1.165) is 27.8 Å². The van der Waals surface area contributed by atoms with Crippen LogP contribution in [0.3, 0.4) is 0 Å². The number of H-pyrrole nitrogens is 1. The summed E-state index contributed by atoms with van der Waals surface area (Å²) in [5, 5.41) is 19.1. The Morgan fingerprint density at radius 1 is 0.854 bits per heavy atom. The minimum Gasteiger partial charge on any atom is -0.392 e. The van der Waals surface area contributed by atoms with Gasteiger partial charge in [0.15, 0.2) is 34.7 Å². The summed E-state index contributed by atoms with van der Waals surface area (Å²) in [6.45, 7) is -0.318. The Morgan fingerprint density at radius 2 is 1.54 bits per heavy atom. The van der Waals surface area contributed by atoms with Gasteiger partial charge in [-0.3, -0.25) is 9.89 Å². The first-order valence-electron chi connectivity index (χ1n) is 14.7. The van der Waals surface area contributed by atoms with E-state index >= 15 is 0 Å². The summed E-state index contributed by atoms with van der Waals surface area (Å²) in [4.78, 5) is 16.6. The van der Waals surface area contributed by atoms with Gasteiger partial charge in [-0.25, -0.2) is 26.9 Å². The number of rotatable bonds is 10. The number of nitrogens with zero attached hydrogens (tertiary/aromatic N) is 2. The molecule has 1 aliphatic rings. The molecule has 0 unspecified atom stereocenters. The molecule has 1 fully saturated rings. The fourth-order valence-corrected chi connectivity index (χ4v) is 6.06. The number of ether oxygens (including phenoxy) is 2. The molecule has 6 rings (SSSR count). The number of benzene rings is 4. The third-order valence-electron chi connectivity index (χ3n) is 7.72. The predicted octanol–water partition coefficient (Wildman–Crippen LogP) is 6.93. The summed E-state index contributed by atoms with van der Waals surface area (Å²) in [7, 11) is 0. The average molecular weight is 683 g/mol. The number of nitrogens with one attached hydrogen (secondary N) is 2. The number of hydrogen-bond donors (Lipinski definition) is 3. The Hall–Kier alpha value is -4.63. The highest BCUT2D eigenvalue weighted by Crippen LogP contribution is 2.40. The lowest BCUT2D eigenvalue weighted by Crippen LogP contribution is -2.31. The molecule has 0 saturated carbocycles. The Morgan fingerprint density at radius 3 is 2.23 bits per heavy atom. The fourth-order valence-electron chi connectivity index (χ4n) is 5.26. The molecule has 5 aromatic rings. The van der Waals surface area contributed by atoms with Crippen LogP contribution in [-0.4, -0.2) is 38.1 Å². The number of aromatic amines is 1. The zero-order chi connectivity index (χ0) is 33.8. The number of hydrogen-bond acceptors (Lipinski definition) is 7. The van der Waals surface area contributed by atoms with Gasteiger partial charge in [0.2, 0.25) is 5.82 Å². The summed E-state index contributed by atoms with van der Waals surface area (Å²) < 4.78 is 81.7. The second-order valence-corrected chi connectivity index (χ2v) is 11.9. The molecule has 0 radical (unpaired) electrons. The standard InChI is InChI=1S/C34H27F5N4O4S/c35-27-26(28(36)30(38)31(39)29(27)37)32(45)40-14-19-3-1-4-21(11-19)22-5-2-6-23(12-22)33-46-24(16-48-34-41-17-42-43-34)13-25(47-33)20-9-7-18(15-44)8-10-20/h1-12,17,24-25,33,44H,13-16H2,(H,40,45)(H,41,42,43)/t24-,25+,33+/m1/s1. The first-order chi connectivity index (χ1) is 23.2. The number of aromatic nitrogens is 3. The smallest absolute Gasteiger partial charge is 0.257 e. The van der Waals surface area contributed by atoms with Gasteiger partial charge in [-0.05, 0) is 39.9 Å². The minimum absolute atomic E-state index is 0.0698. The molecule has 1 amide bonds. The SMILES string of the molecule is O=C(NCc1cccc(-c2cccc([C@H]3O[C@@H](CSc4ncn[nH]4)C[C@@H](c4ccc(CO)cc4)O3)c2)c1)c1c(F)c(F)c(F)c(F)c1F. The summed E-state index contributed by atoms with van der Waals surface area (Å²) in [5.74, 6) is -12.0. The van der Waals surface area contributed by atoms with Crippen molar-refractivity contribution in [1.82, 2.24) is 20.5 Å². The van der Waals surface area contributed by atoms with Crippen LogP contribution in [0.4, 0.5) is 22.0 Å². The highest BCUT2D eigenvalue weighted by atomic mass is 32.2. The molecule has 0 spiro atoms. The van der Waals surface area contributed by atoms with Gasteiger partial charge in [0.25, 0.3) is 5.91 Å². The first kappa shape index (κ1) is 33.3. The molecule has 0 aliphatic carbocycles. The van der Waals surface area contributed by atoms with Crippen LogP contribution in [0, 0.1) is 29.1 Å². The van der Waals surface area contributed by atoms with Crippen LogP contribution in [-0.2, 0) is 22.6 Å². The van der Waals surface area contributed by atoms with Gasteiger partial charge in [0.1, 0.15) is 11.9 Å². The second kappa shape index (κ2) is 14.6. The van der Waals surface area contributed by atoms with E-state index in [1.165, 1.54) is 18.1 Å². The Bertz CT molecular complexity index is 1880. The Balaban J connectivity index is 1.20. The Kier molecular flexibility index (Phi) is 10.2. The molecule has 3 N–H and O–H groups in total. The van der Waals surface area contributed by atoms with Crippen LogP contribution in [0.25, 0.3) is 11.1 Å². The minimum atomic E-state index is -2.34. The van der Waals surface area contributed by atoms with Crippen molar-refractivity contribution in [3.05, 3.63) is 136 Å². The van der Waals surface area contributed by atoms with Gasteiger partial charge in [-0.2, -0.15) is 5.10 Å². The lowest BCUT2D eigenvalue weighted by molar-refractivity contribution is -0.245. The lowest BCUT2D eigenvalue weighted by Gasteiger charge is -2.36. The number of aliphatic hydroxyl groups excluding tert-OH is 1. The number of carbonyl (C=O) groups is 1. The maximum absolute atomic E-state index is 14.1. The number of carbonyl (C=O) groups excluding carboxylic acids is 1. The molecule has 48 heavy (non-hydrogen) atoms. The van der Waals surface area contributed by atoms with E-state index in [1.54, 1.807) is 18.2 Å². The zero-order valence-electron chi connectivity index (χ0n) is 24.9. The van der Waals surface area contributed by atoms with Crippen molar-refractivity contribution in [2.24, 2.45) is 0 Å². The van der Waals surface area contributed by atoms with E-state index in [2.05, 4.69) is 20.5 Å². The van der Waals surface area contributed by atoms with E-state index in [1.807, 2.05) is 54.6 Å². The fraction of sp³-hybridized carbons (Fsp3) is 0.206. The van der Waals surface area contributed by atoms with Crippen molar-refractivity contribution in [3.8, 4) is 11.1 Å². The largest absolute Gasteiger partial charge is 0.392 e. The van der Waals surface area contributed by atoms with Gasteiger partial charge in [-0.15, -0.1) is 0 Å². The highest BCUT2D eigenvalue weighted by Gasteiger charge is 2.33. The number of thioether (sulfide) groups is 1. The quantitative estimate of drug-likeness (QED) is 0.0635. The third-order valence-corrected chi connectivity index (χ3v) is 8.73. The van der Waals surface area contributed by atoms with Gasteiger partial charge in [0, 0.05) is 24.3 Å². The normalized spacial score (nSPS) is 17.8. The van der Waals surface area contributed by atoms with Crippen molar-refractivity contribution in [2.45, 2.75) is 43.2 Å². The van der Waals surface area contributed by atoms with Gasteiger partial charge < -0.3 is 19.9 Å². The number of halogens is 5. The van der Waals surface area contributed by atoms with Crippen LogP contribution >= 0.6 is 11.8 Å². The molecule has 4 aromatic carbocycles. The van der Waals surface area contributed by atoms with E-state index in [9.17, 15) is 31.9 Å². The van der Waals surface area contributed by atoms with E-state index in [-0.39, 0.29) is 25.4 Å². The molecule has 1 aromatic heterocycles. The average Bonchev–Trinajstić information content (AvgIpc) is 3.65. The molecule has 248 valence electrons. The van der Waals surface area contributed by atoms with Crippen LogP contribution in [0.15, 0.2) is 84.3 Å². The van der Waals surface area contributed by atoms with Crippen LogP contribution < -0.4 is 5.32 Å². The summed E-state index contributed by atoms with van der Waals surface area (Å²) in [6, 6.07) is 21.9. The highest BCUT2D eigenvalue weighted by molar-refractivity contribution is 7.99. The molecule has 0 bridgehead atoms. The summed E-state index contributed by atoms with van der Waals surface area (Å²) in [6.07, 6.45) is 0.767. The Labute approximate surface area is 275 Å². The van der Waals surface area contributed by atoms with Gasteiger partial charge in [-0.1, -0.05) is 72.4 Å². The monoisotopic (exact) mass is 682 g/mol. The molecule has 1 saturated heterocycles. The van der Waals surface area contributed by atoms with E-state index in [0.29, 0.717) is 22.9 Å². The van der Waals surface area contributed by atoms with Crippen molar-refractivity contribution >= 4 is 17.7 Å². The summed E-state index contributed by atoms with van der Waals surface area (Å²) in [5.41, 5.74) is 2.92. The molecular weight excluding hydrogens is 655 g/mol. The van der Waals surface area contributed by atoms with E-state index in [4.69, 9.17) is 9.47 Å². The van der Waals surface area contributed by atoms with Crippen molar-refractivity contribution in [3.63, 3.8) is 0 Å². The van der Waals surface area contributed by atoms with Crippen molar-refractivity contribution in [2.75, 3.05) is 5.75 Å². The van der Waals surface area contributed by atoms with Gasteiger partial charge in [0.05, 0.1) is 18.8 Å². The maximum atomic E-state index is 14.1. The number of aliphatic hydroxyl groups is 1. The van der Waals surface area contributed by atoms with Crippen LogP contribution in [0.2, 0.25) is 0 Å². The first-order valence-corrected chi connectivity index (χ1v) is 15.7. The lowest BCUT2D eigenvalue weighted by atomic mass is 9.99. The van der Waals surface area contributed by atoms with Crippen molar-refractivity contribution < 1.29 is 41.3 Å². The molecule has 3 atom stereocenters. The molecule has 8 nitrogen and oxygen atoms in total.